The van der Waals surface area contributed by atoms with Gasteiger partial charge in [-0.05, 0) is 18.6 Å². The van der Waals surface area contributed by atoms with Gasteiger partial charge < -0.3 is 10.8 Å². The molecule has 0 atom stereocenters. The van der Waals surface area contributed by atoms with Crippen LogP contribution in [0.1, 0.15) is 26.7 Å². The van der Waals surface area contributed by atoms with E-state index in [2.05, 4.69) is 0 Å². The SMILES string of the molecule is CC(C)(CCCSCCO)C(=N)N. The molecule has 0 radical (unpaired) electrons. The van der Waals surface area contributed by atoms with Gasteiger partial charge in [0.25, 0.3) is 0 Å². The molecular weight excluding hydrogens is 184 g/mol. The lowest BCUT2D eigenvalue weighted by Gasteiger charge is -2.22. The number of aliphatic hydroxyl groups excluding tert-OH is 1. The molecule has 0 aliphatic carbocycles. The third kappa shape index (κ3) is 5.93. The molecule has 78 valence electrons. The Labute approximate surface area is 84.6 Å². The Bertz CT molecular complexity index is 160. The van der Waals surface area contributed by atoms with E-state index in [0.717, 1.165) is 24.3 Å². The fourth-order valence-electron chi connectivity index (χ4n) is 0.917. The fourth-order valence-corrected chi connectivity index (χ4v) is 1.60. The maximum absolute atomic E-state index is 8.54. The van der Waals surface area contributed by atoms with Gasteiger partial charge in [0.15, 0.2) is 0 Å². The predicted octanol–water partition coefficient (Wildman–Crippen LogP) is 1.45. The highest BCUT2D eigenvalue weighted by Crippen LogP contribution is 2.22. The molecule has 3 nitrogen and oxygen atoms in total. The average molecular weight is 204 g/mol. The topological polar surface area (TPSA) is 70.1 Å². The number of amidine groups is 1. The molecule has 0 bridgehead atoms. The Morgan fingerprint density at radius 2 is 2.08 bits per heavy atom. The van der Waals surface area contributed by atoms with E-state index in [1.54, 1.807) is 11.8 Å². The molecule has 0 aliphatic heterocycles. The standard InChI is InChI=1S/C9H20N2OS/c1-9(2,8(10)11)4-3-6-13-7-5-12/h12H,3-7H2,1-2H3,(H3,10,11). The molecule has 0 unspecified atom stereocenters. The van der Waals surface area contributed by atoms with Gasteiger partial charge in [0.2, 0.25) is 0 Å². The fraction of sp³-hybridized carbons (Fsp3) is 0.889. The van der Waals surface area contributed by atoms with Crippen LogP contribution in [0.25, 0.3) is 0 Å². The second-order valence-electron chi connectivity index (χ2n) is 3.74. The van der Waals surface area contributed by atoms with Crippen LogP contribution in [0.3, 0.4) is 0 Å². The Kier molecular flexibility index (Phi) is 6.16. The average Bonchev–Trinajstić information content (AvgIpc) is 2.03. The minimum atomic E-state index is -0.167. The zero-order valence-electron chi connectivity index (χ0n) is 8.47. The van der Waals surface area contributed by atoms with E-state index in [1.165, 1.54) is 0 Å². The maximum Gasteiger partial charge on any atom is 0.0963 e. The molecule has 0 rings (SSSR count). The smallest absolute Gasteiger partial charge is 0.0963 e. The summed E-state index contributed by atoms with van der Waals surface area (Å²) in [7, 11) is 0. The van der Waals surface area contributed by atoms with Crippen molar-refractivity contribution >= 4 is 17.6 Å². The largest absolute Gasteiger partial charge is 0.396 e. The summed E-state index contributed by atoms with van der Waals surface area (Å²) >= 11 is 1.74. The minimum Gasteiger partial charge on any atom is -0.396 e. The third-order valence-corrected chi connectivity index (χ3v) is 3.10. The van der Waals surface area contributed by atoms with E-state index in [1.807, 2.05) is 13.8 Å². The van der Waals surface area contributed by atoms with Crippen LogP contribution < -0.4 is 5.73 Å². The number of thioether (sulfide) groups is 1. The summed E-state index contributed by atoms with van der Waals surface area (Å²) in [4.78, 5) is 0. The molecule has 0 amide bonds. The van der Waals surface area contributed by atoms with E-state index in [-0.39, 0.29) is 17.9 Å². The van der Waals surface area contributed by atoms with E-state index in [4.69, 9.17) is 16.2 Å². The van der Waals surface area contributed by atoms with Gasteiger partial charge in [-0.1, -0.05) is 13.8 Å². The van der Waals surface area contributed by atoms with Gasteiger partial charge in [0.05, 0.1) is 12.4 Å². The zero-order chi connectivity index (χ0) is 10.3. The van der Waals surface area contributed by atoms with Gasteiger partial charge in [0.1, 0.15) is 0 Å². The summed E-state index contributed by atoms with van der Waals surface area (Å²) in [5.41, 5.74) is 5.28. The van der Waals surface area contributed by atoms with Gasteiger partial charge >= 0.3 is 0 Å². The van der Waals surface area contributed by atoms with Crippen LogP contribution in [0.4, 0.5) is 0 Å². The van der Waals surface area contributed by atoms with Gasteiger partial charge in [-0.15, -0.1) is 0 Å². The lowest BCUT2D eigenvalue weighted by molar-refractivity contribution is 0.322. The third-order valence-electron chi connectivity index (χ3n) is 2.06. The minimum absolute atomic E-state index is 0.167. The van der Waals surface area contributed by atoms with Crippen molar-refractivity contribution in [3.05, 3.63) is 0 Å². The highest BCUT2D eigenvalue weighted by Gasteiger charge is 2.20. The molecule has 0 aromatic carbocycles. The Morgan fingerprint density at radius 1 is 1.46 bits per heavy atom. The number of hydrogen-bond donors (Lipinski definition) is 3. The molecule has 0 aromatic rings. The Balaban J connectivity index is 3.46. The summed E-state index contributed by atoms with van der Waals surface area (Å²) in [6.45, 7) is 4.23. The summed E-state index contributed by atoms with van der Waals surface area (Å²) in [5, 5.41) is 15.9. The predicted molar refractivity (Wildman–Crippen MR) is 59.3 cm³/mol. The quantitative estimate of drug-likeness (QED) is 0.334. The molecule has 4 heteroatoms. The molecule has 0 saturated heterocycles. The molecule has 4 N–H and O–H groups in total. The lowest BCUT2D eigenvalue weighted by atomic mass is 9.87. The molecule has 0 spiro atoms. The van der Waals surface area contributed by atoms with Gasteiger partial charge in [0, 0.05) is 11.2 Å². The van der Waals surface area contributed by atoms with Crippen LogP contribution >= 0.6 is 11.8 Å². The van der Waals surface area contributed by atoms with Crippen molar-refractivity contribution in [3.63, 3.8) is 0 Å². The van der Waals surface area contributed by atoms with E-state index in [9.17, 15) is 0 Å². The second kappa shape index (κ2) is 6.27. The molecule has 0 fully saturated rings. The number of rotatable bonds is 7. The van der Waals surface area contributed by atoms with Crippen molar-refractivity contribution in [2.45, 2.75) is 26.7 Å². The van der Waals surface area contributed by atoms with Crippen molar-refractivity contribution in [2.75, 3.05) is 18.1 Å². The number of nitrogens with two attached hydrogens (primary N) is 1. The molecule has 0 aliphatic rings. The van der Waals surface area contributed by atoms with E-state index >= 15 is 0 Å². The van der Waals surface area contributed by atoms with Crippen molar-refractivity contribution in [2.24, 2.45) is 11.1 Å². The summed E-state index contributed by atoms with van der Waals surface area (Å²) < 4.78 is 0. The van der Waals surface area contributed by atoms with Gasteiger partial charge in [-0.2, -0.15) is 11.8 Å². The summed E-state index contributed by atoms with van der Waals surface area (Å²) in [6.07, 6.45) is 2.00. The van der Waals surface area contributed by atoms with Crippen molar-refractivity contribution in [1.29, 1.82) is 5.41 Å². The van der Waals surface area contributed by atoms with Crippen LogP contribution in [-0.2, 0) is 0 Å². The van der Waals surface area contributed by atoms with Gasteiger partial charge in [-0.25, -0.2) is 0 Å². The van der Waals surface area contributed by atoms with Crippen molar-refractivity contribution < 1.29 is 5.11 Å². The van der Waals surface area contributed by atoms with Crippen LogP contribution in [0.5, 0.6) is 0 Å². The first-order valence-electron chi connectivity index (χ1n) is 4.54. The summed E-state index contributed by atoms with van der Waals surface area (Å²) in [5.74, 6) is 2.11. The first kappa shape index (κ1) is 12.8. The molecule has 13 heavy (non-hydrogen) atoms. The first-order valence-corrected chi connectivity index (χ1v) is 5.69. The van der Waals surface area contributed by atoms with Crippen LogP contribution in [0, 0.1) is 10.8 Å². The first-order chi connectivity index (χ1) is 6.00. The normalized spacial score (nSPS) is 11.6. The monoisotopic (exact) mass is 204 g/mol. The number of nitrogens with one attached hydrogen (secondary N) is 1. The van der Waals surface area contributed by atoms with Crippen molar-refractivity contribution in [3.8, 4) is 0 Å². The Hall–Kier alpha value is -0.220. The summed E-state index contributed by atoms with van der Waals surface area (Å²) in [6, 6.07) is 0. The van der Waals surface area contributed by atoms with E-state index < -0.39 is 0 Å². The number of hydrogen-bond acceptors (Lipinski definition) is 3. The second-order valence-corrected chi connectivity index (χ2v) is 4.96. The molecular formula is C9H20N2OS. The highest BCUT2D eigenvalue weighted by atomic mass is 32.2. The molecule has 0 saturated carbocycles. The van der Waals surface area contributed by atoms with Crippen molar-refractivity contribution in [1.82, 2.24) is 0 Å². The maximum atomic E-state index is 8.54. The van der Waals surface area contributed by atoms with E-state index in [0.29, 0.717) is 0 Å². The highest BCUT2D eigenvalue weighted by molar-refractivity contribution is 7.99. The molecule has 0 aromatic heterocycles. The van der Waals surface area contributed by atoms with Crippen LogP contribution in [0.15, 0.2) is 0 Å². The van der Waals surface area contributed by atoms with Gasteiger partial charge in [-0.3, -0.25) is 5.41 Å². The van der Waals surface area contributed by atoms with Crippen LogP contribution in [-0.4, -0.2) is 29.1 Å². The number of aliphatic hydroxyl groups is 1. The lowest BCUT2D eigenvalue weighted by Crippen LogP contribution is -2.30. The molecule has 0 heterocycles. The van der Waals surface area contributed by atoms with Crippen LogP contribution in [0.2, 0.25) is 0 Å². The zero-order valence-corrected chi connectivity index (χ0v) is 9.28. The Morgan fingerprint density at radius 3 is 2.54 bits per heavy atom.